The number of Topliss-reactive ketones (excluding diaryl/α,β-unsaturated/α-hetero) is 1. The van der Waals surface area contributed by atoms with Gasteiger partial charge in [0.15, 0.2) is 11.4 Å². The molecule has 1 aliphatic rings. The maximum Gasteiger partial charge on any atom is 0.225 e. The highest BCUT2D eigenvalue weighted by atomic mass is 16.1. The number of carbonyl (C=O) groups excluding carboxylic acids is 1. The second-order valence-corrected chi connectivity index (χ2v) is 7.43. The summed E-state index contributed by atoms with van der Waals surface area (Å²) in [6.45, 7) is 7.69. The third-order valence-corrected chi connectivity index (χ3v) is 5.50. The van der Waals surface area contributed by atoms with Crippen LogP contribution in [0.5, 0.6) is 0 Å². The average Bonchev–Trinajstić information content (AvgIpc) is 2.78. The van der Waals surface area contributed by atoms with Gasteiger partial charge < -0.3 is 4.90 Å². The molecule has 1 saturated heterocycles. The first kappa shape index (κ1) is 19.4. The first-order valence-electron chi connectivity index (χ1n) is 10.2. The number of hydrogen-bond acceptors (Lipinski definition) is 7. The summed E-state index contributed by atoms with van der Waals surface area (Å²) in [7, 11) is 0. The molecule has 0 radical (unpaired) electrons. The number of carbonyl (C=O) groups is 1. The predicted molar refractivity (Wildman–Crippen MR) is 113 cm³/mol. The van der Waals surface area contributed by atoms with Gasteiger partial charge >= 0.3 is 0 Å². The lowest BCUT2D eigenvalue weighted by Crippen LogP contribution is -2.47. The molecule has 7 heteroatoms. The number of piperazine rings is 1. The largest absolute Gasteiger partial charge is 0.338 e. The zero-order valence-corrected chi connectivity index (χ0v) is 17.0. The van der Waals surface area contributed by atoms with Crippen LogP contribution in [0.15, 0.2) is 42.9 Å². The number of fused-ring (bicyclic) bond motifs is 1. The number of anilines is 1. The molecule has 1 aliphatic heterocycles. The molecule has 4 rings (SSSR count). The van der Waals surface area contributed by atoms with Crippen molar-refractivity contribution in [2.45, 2.75) is 32.7 Å². The molecule has 0 saturated carbocycles. The van der Waals surface area contributed by atoms with Gasteiger partial charge in [-0.3, -0.25) is 9.69 Å². The van der Waals surface area contributed by atoms with Gasteiger partial charge in [-0.05, 0) is 37.6 Å². The topological polar surface area (TPSA) is 75.1 Å². The van der Waals surface area contributed by atoms with Crippen molar-refractivity contribution < 1.29 is 4.79 Å². The van der Waals surface area contributed by atoms with Crippen LogP contribution in [0.1, 0.15) is 48.8 Å². The SMILES string of the molecule is CCCC(=O)c1cnc(N2CCN(C(C)c3ccc4cccnc4n3)CC2)nc1. The van der Waals surface area contributed by atoms with Crippen LogP contribution in [0.25, 0.3) is 11.0 Å². The molecule has 1 fully saturated rings. The van der Waals surface area contributed by atoms with E-state index in [1.807, 2.05) is 19.1 Å². The van der Waals surface area contributed by atoms with Gasteiger partial charge in [-0.1, -0.05) is 6.92 Å². The fourth-order valence-corrected chi connectivity index (χ4v) is 3.70. The number of nitrogens with zero attached hydrogens (tertiary/aromatic N) is 6. The number of aromatic nitrogens is 4. The Morgan fingerprint density at radius 3 is 2.55 bits per heavy atom. The van der Waals surface area contributed by atoms with Gasteiger partial charge in [0.25, 0.3) is 0 Å². The van der Waals surface area contributed by atoms with E-state index in [9.17, 15) is 4.79 Å². The Balaban J connectivity index is 1.38. The van der Waals surface area contributed by atoms with E-state index in [-0.39, 0.29) is 11.8 Å². The lowest BCUT2D eigenvalue weighted by molar-refractivity contribution is 0.0981. The van der Waals surface area contributed by atoms with Crippen molar-refractivity contribution in [1.82, 2.24) is 24.8 Å². The Kier molecular flexibility index (Phi) is 5.76. The van der Waals surface area contributed by atoms with Gasteiger partial charge in [-0.25, -0.2) is 19.9 Å². The van der Waals surface area contributed by atoms with E-state index in [2.05, 4.69) is 43.8 Å². The van der Waals surface area contributed by atoms with E-state index in [1.165, 1.54) is 0 Å². The number of hydrogen-bond donors (Lipinski definition) is 0. The molecule has 1 atom stereocenters. The molecule has 7 nitrogen and oxygen atoms in total. The number of rotatable bonds is 6. The Morgan fingerprint density at radius 2 is 1.83 bits per heavy atom. The molecule has 0 amide bonds. The fraction of sp³-hybridized carbons (Fsp3) is 0.409. The quantitative estimate of drug-likeness (QED) is 0.598. The molecule has 3 aromatic heterocycles. The van der Waals surface area contributed by atoms with Crippen LogP contribution in [-0.2, 0) is 0 Å². The standard InChI is InChI=1S/C22H26N6O/c1-3-5-20(29)18-14-24-22(25-15-18)28-12-10-27(11-13-28)16(2)19-8-7-17-6-4-9-23-21(17)26-19/h4,6-9,14-16H,3,5,10-13H2,1-2H3. The second-order valence-electron chi connectivity index (χ2n) is 7.43. The highest BCUT2D eigenvalue weighted by Crippen LogP contribution is 2.23. The van der Waals surface area contributed by atoms with Crippen LogP contribution in [0.2, 0.25) is 0 Å². The Labute approximate surface area is 170 Å². The van der Waals surface area contributed by atoms with Crippen molar-refractivity contribution in [1.29, 1.82) is 0 Å². The van der Waals surface area contributed by atoms with E-state index < -0.39 is 0 Å². The number of pyridine rings is 2. The predicted octanol–water partition coefficient (Wildman–Crippen LogP) is 3.29. The summed E-state index contributed by atoms with van der Waals surface area (Å²) >= 11 is 0. The summed E-state index contributed by atoms with van der Waals surface area (Å²) in [6, 6.07) is 8.37. The normalized spacial score (nSPS) is 16.1. The van der Waals surface area contributed by atoms with Crippen LogP contribution in [-0.4, -0.2) is 56.8 Å². The zero-order valence-electron chi connectivity index (χ0n) is 17.0. The summed E-state index contributed by atoms with van der Waals surface area (Å²) in [5.41, 5.74) is 2.43. The molecule has 4 heterocycles. The second kappa shape index (κ2) is 8.61. The van der Waals surface area contributed by atoms with Crippen LogP contribution in [0.4, 0.5) is 5.95 Å². The Bertz CT molecular complexity index is 982. The van der Waals surface area contributed by atoms with Crippen LogP contribution in [0, 0.1) is 0 Å². The van der Waals surface area contributed by atoms with E-state index in [0.717, 1.165) is 49.3 Å². The van der Waals surface area contributed by atoms with Crippen molar-refractivity contribution in [2.24, 2.45) is 0 Å². The average molecular weight is 390 g/mol. The van der Waals surface area contributed by atoms with Crippen molar-refractivity contribution in [3.63, 3.8) is 0 Å². The highest BCUT2D eigenvalue weighted by molar-refractivity contribution is 5.95. The molecule has 3 aromatic rings. The van der Waals surface area contributed by atoms with Gasteiger partial charge in [-0.15, -0.1) is 0 Å². The minimum Gasteiger partial charge on any atom is -0.338 e. The molecule has 0 N–H and O–H groups in total. The van der Waals surface area contributed by atoms with Gasteiger partial charge in [0.05, 0.1) is 11.3 Å². The highest BCUT2D eigenvalue weighted by Gasteiger charge is 2.24. The first-order chi connectivity index (χ1) is 14.2. The summed E-state index contributed by atoms with van der Waals surface area (Å²) < 4.78 is 0. The molecular formula is C22H26N6O. The third-order valence-electron chi connectivity index (χ3n) is 5.50. The van der Waals surface area contributed by atoms with Gasteiger partial charge in [0.1, 0.15) is 0 Å². The third kappa shape index (κ3) is 4.24. The summed E-state index contributed by atoms with van der Waals surface area (Å²) in [4.78, 5) is 34.5. The van der Waals surface area contributed by atoms with Gasteiger partial charge in [0, 0.05) is 62.6 Å². The Hall–Kier alpha value is -2.93. The van der Waals surface area contributed by atoms with Crippen LogP contribution in [0.3, 0.4) is 0 Å². The van der Waals surface area contributed by atoms with E-state index in [0.29, 0.717) is 17.9 Å². The molecule has 29 heavy (non-hydrogen) atoms. The molecule has 0 bridgehead atoms. The van der Waals surface area contributed by atoms with E-state index >= 15 is 0 Å². The van der Waals surface area contributed by atoms with Gasteiger partial charge in [0.2, 0.25) is 5.95 Å². The summed E-state index contributed by atoms with van der Waals surface area (Å²) in [5.74, 6) is 0.799. The maximum absolute atomic E-state index is 12.0. The zero-order chi connectivity index (χ0) is 20.2. The molecule has 1 unspecified atom stereocenters. The van der Waals surface area contributed by atoms with Crippen molar-refractivity contribution in [2.75, 3.05) is 31.1 Å². The number of ketones is 1. The van der Waals surface area contributed by atoms with E-state index in [1.54, 1.807) is 18.6 Å². The smallest absolute Gasteiger partial charge is 0.225 e. The minimum absolute atomic E-state index is 0.107. The molecular weight excluding hydrogens is 364 g/mol. The van der Waals surface area contributed by atoms with Crippen LogP contribution >= 0.6 is 0 Å². The summed E-state index contributed by atoms with van der Waals surface area (Å²) in [6.07, 6.45) is 6.47. The van der Waals surface area contributed by atoms with E-state index in [4.69, 9.17) is 4.98 Å². The fourth-order valence-electron chi connectivity index (χ4n) is 3.70. The first-order valence-corrected chi connectivity index (χ1v) is 10.2. The van der Waals surface area contributed by atoms with Crippen molar-refractivity contribution in [3.05, 3.63) is 54.1 Å². The van der Waals surface area contributed by atoms with Gasteiger partial charge in [-0.2, -0.15) is 0 Å². The summed E-state index contributed by atoms with van der Waals surface area (Å²) in [5, 5.41) is 1.06. The monoisotopic (exact) mass is 390 g/mol. The van der Waals surface area contributed by atoms with Crippen LogP contribution < -0.4 is 4.90 Å². The molecule has 150 valence electrons. The lowest BCUT2D eigenvalue weighted by atomic mass is 10.1. The van der Waals surface area contributed by atoms with Crippen molar-refractivity contribution in [3.8, 4) is 0 Å². The molecule has 0 aliphatic carbocycles. The Morgan fingerprint density at radius 1 is 1.07 bits per heavy atom. The molecule has 0 spiro atoms. The maximum atomic E-state index is 12.0. The minimum atomic E-state index is 0.107. The lowest BCUT2D eigenvalue weighted by Gasteiger charge is -2.37. The molecule has 0 aromatic carbocycles. The van der Waals surface area contributed by atoms with Crippen molar-refractivity contribution >= 4 is 22.8 Å².